The predicted molar refractivity (Wildman–Crippen MR) is 55.0 cm³/mol. The lowest BCUT2D eigenvalue weighted by Crippen LogP contribution is -2.06. The Kier molecular flexibility index (Phi) is 3.09. The van der Waals surface area contributed by atoms with Crippen LogP contribution in [0.3, 0.4) is 0 Å². The molecule has 0 radical (unpaired) electrons. The van der Waals surface area contributed by atoms with Gasteiger partial charge in [-0.05, 0) is 31.0 Å². The predicted octanol–water partition coefficient (Wildman–Crippen LogP) is 2.85. The summed E-state index contributed by atoms with van der Waals surface area (Å²) in [6.07, 6.45) is 0. The first-order chi connectivity index (χ1) is 6.07. The van der Waals surface area contributed by atoms with E-state index >= 15 is 0 Å². The van der Waals surface area contributed by atoms with Crippen LogP contribution < -0.4 is 0 Å². The topological polar surface area (TPSA) is 26.3 Å². The van der Waals surface area contributed by atoms with E-state index < -0.39 is 0 Å². The lowest BCUT2D eigenvalue weighted by molar-refractivity contribution is 0.0599. The van der Waals surface area contributed by atoms with Gasteiger partial charge in [0.25, 0.3) is 0 Å². The molecule has 0 atom stereocenters. The summed E-state index contributed by atoms with van der Waals surface area (Å²) in [4.78, 5) is 11.4. The Hall–Kier alpha value is -0.830. The number of hydrogen-bond acceptors (Lipinski definition) is 2. The van der Waals surface area contributed by atoms with Crippen LogP contribution in [0.5, 0.6) is 0 Å². The first-order valence-electron chi connectivity index (χ1n) is 3.92. The summed E-state index contributed by atoms with van der Waals surface area (Å²) in [7, 11) is 1.39. The number of benzene rings is 1. The summed E-state index contributed by atoms with van der Waals surface area (Å²) < 4.78 is 5.62. The summed E-state index contributed by atoms with van der Waals surface area (Å²) >= 11 is 3.37. The minimum Gasteiger partial charge on any atom is -0.465 e. The van der Waals surface area contributed by atoms with Crippen molar-refractivity contribution in [2.75, 3.05) is 7.11 Å². The highest BCUT2D eigenvalue weighted by atomic mass is 79.9. The number of halogens is 1. The van der Waals surface area contributed by atoms with E-state index in [1.807, 2.05) is 26.0 Å². The molecule has 3 heteroatoms. The molecule has 0 aliphatic carbocycles. The number of carbonyl (C=O) groups is 1. The van der Waals surface area contributed by atoms with Crippen molar-refractivity contribution in [1.82, 2.24) is 0 Å². The molecule has 0 aliphatic heterocycles. The van der Waals surface area contributed by atoms with Crippen molar-refractivity contribution in [3.63, 3.8) is 0 Å². The third-order valence-electron chi connectivity index (χ3n) is 2.00. The van der Waals surface area contributed by atoms with Gasteiger partial charge in [0.2, 0.25) is 0 Å². The Labute approximate surface area is 86.0 Å². The summed E-state index contributed by atoms with van der Waals surface area (Å²) in [5.41, 5.74) is 2.51. The number of rotatable bonds is 1. The summed E-state index contributed by atoms with van der Waals surface area (Å²) in [5.74, 6) is -0.281. The van der Waals surface area contributed by atoms with Gasteiger partial charge in [0, 0.05) is 4.47 Å². The summed E-state index contributed by atoms with van der Waals surface area (Å²) in [6, 6.07) is 3.82. The zero-order chi connectivity index (χ0) is 10.0. The van der Waals surface area contributed by atoms with Crippen LogP contribution in [-0.4, -0.2) is 13.1 Å². The van der Waals surface area contributed by atoms with Crippen molar-refractivity contribution in [3.8, 4) is 0 Å². The minimum atomic E-state index is -0.281. The number of aryl methyl sites for hydroxylation is 1. The molecule has 2 nitrogen and oxygen atoms in total. The molecule has 0 saturated heterocycles. The van der Waals surface area contributed by atoms with Crippen molar-refractivity contribution < 1.29 is 9.53 Å². The van der Waals surface area contributed by atoms with Crippen LogP contribution in [0.15, 0.2) is 16.6 Å². The minimum absolute atomic E-state index is 0.281. The molecule has 0 spiro atoms. The van der Waals surface area contributed by atoms with Crippen LogP contribution in [0.4, 0.5) is 0 Å². The van der Waals surface area contributed by atoms with Gasteiger partial charge in [-0.1, -0.05) is 22.0 Å². The molecule has 0 aliphatic rings. The van der Waals surface area contributed by atoms with Crippen LogP contribution in [0.1, 0.15) is 21.5 Å². The maximum absolute atomic E-state index is 11.4. The molecule has 70 valence electrons. The molecule has 0 bridgehead atoms. The summed E-state index contributed by atoms with van der Waals surface area (Å²) in [6.45, 7) is 3.79. The van der Waals surface area contributed by atoms with Gasteiger partial charge in [-0.25, -0.2) is 4.79 Å². The van der Waals surface area contributed by atoms with E-state index in [1.165, 1.54) is 7.11 Å². The molecule has 13 heavy (non-hydrogen) atoms. The smallest absolute Gasteiger partial charge is 0.338 e. The molecule has 1 aromatic rings. The first-order valence-corrected chi connectivity index (χ1v) is 4.71. The lowest BCUT2D eigenvalue weighted by Gasteiger charge is -2.08. The van der Waals surface area contributed by atoms with Gasteiger partial charge in [0.1, 0.15) is 0 Å². The third-order valence-corrected chi connectivity index (χ3v) is 2.86. The second-order valence-corrected chi connectivity index (χ2v) is 3.71. The standard InChI is InChI=1S/C10H11BrO2/c1-6-4-5-8(11)7(2)9(6)10(12)13-3/h4-5H,1-3H3. The number of hydrogen-bond donors (Lipinski definition) is 0. The zero-order valence-electron chi connectivity index (χ0n) is 7.85. The van der Waals surface area contributed by atoms with E-state index in [9.17, 15) is 4.79 Å². The number of carbonyl (C=O) groups excluding carboxylic acids is 1. The fraction of sp³-hybridized carbons (Fsp3) is 0.300. The molecule has 1 aromatic carbocycles. The van der Waals surface area contributed by atoms with E-state index in [0.717, 1.165) is 15.6 Å². The maximum atomic E-state index is 11.4. The van der Waals surface area contributed by atoms with E-state index in [4.69, 9.17) is 4.74 Å². The summed E-state index contributed by atoms with van der Waals surface area (Å²) in [5, 5.41) is 0. The average molecular weight is 243 g/mol. The quantitative estimate of drug-likeness (QED) is 0.709. The highest BCUT2D eigenvalue weighted by Crippen LogP contribution is 2.23. The molecule has 0 N–H and O–H groups in total. The van der Waals surface area contributed by atoms with E-state index in [2.05, 4.69) is 15.9 Å². The molecule has 0 saturated carbocycles. The molecule has 0 fully saturated rings. The van der Waals surface area contributed by atoms with Crippen molar-refractivity contribution in [2.45, 2.75) is 13.8 Å². The SMILES string of the molecule is COC(=O)c1c(C)ccc(Br)c1C. The van der Waals surface area contributed by atoms with Gasteiger partial charge in [-0.2, -0.15) is 0 Å². The molecular weight excluding hydrogens is 232 g/mol. The van der Waals surface area contributed by atoms with Gasteiger partial charge < -0.3 is 4.74 Å². The van der Waals surface area contributed by atoms with Crippen molar-refractivity contribution in [1.29, 1.82) is 0 Å². The Morgan fingerprint density at radius 1 is 1.38 bits per heavy atom. The Balaban J connectivity index is 3.33. The maximum Gasteiger partial charge on any atom is 0.338 e. The Morgan fingerprint density at radius 3 is 2.54 bits per heavy atom. The van der Waals surface area contributed by atoms with E-state index in [-0.39, 0.29) is 5.97 Å². The highest BCUT2D eigenvalue weighted by molar-refractivity contribution is 9.10. The molecule has 0 heterocycles. The fourth-order valence-electron chi connectivity index (χ4n) is 1.24. The van der Waals surface area contributed by atoms with Gasteiger partial charge >= 0.3 is 5.97 Å². The third kappa shape index (κ3) is 1.91. The van der Waals surface area contributed by atoms with Crippen LogP contribution in [0.2, 0.25) is 0 Å². The van der Waals surface area contributed by atoms with Gasteiger partial charge in [0.05, 0.1) is 12.7 Å². The number of ether oxygens (including phenoxy) is 1. The van der Waals surface area contributed by atoms with Crippen molar-refractivity contribution in [3.05, 3.63) is 33.3 Å². The molecular formula is C10H11BrO2. The molecule has 0 aromatic heterocycles. The van der Waals surface area contributed by atoms with E-state index in [1.54, 1.807) is 0 Å². The fourth-order valence-corrected chi connectivity index (χ4v) is 1.57. The van der Waals surface area contributed by atoms with Crippen LogP contribution in [0, 0.1) is 13.8 Å². The largest absolute Gasteiger partial charge is 0.465 e. The van der Waals surface area contributed by atoms with Crippen molar-refractivity contribution >= 4 is 21.9 Å². The Morgan fingerprint density at radius 2 is 2.00 bits per heavy atom. The van der Waals surface area contributed by atoms with Crippen molar-refractivity contribution in [2.24, 2.45) is 0 Å². The van der Waals surface area contributed by atoms with Gasteiger partial charge in [0.15, 0.2) is 0 Å². The van der Waals surface area contributed by atoms with Crippen LogP contribution in [-0.2, 0) is 4.74 Å². The van der Waals surface area contributed by atoms with Crippen LogP contribution >= 0.6 is 15.9 Å². The second kappa shape index (κ2) is 3.92. The van der Waals surface area contributed by atoms with E-state index in [0.29, 0.717) is 5.56 Å². The molecule has 1 rings (SSSR count). The molecule has 0 amide bonds. The lowest BCUT2D eigenvalue weighted by atomic mass is 10.0. The van der Waals surface area contributed by atoms with Gasteiger partial charge in [-0.15, -0.1) is 0 Å². The zero-order valence-corrected chi connectivity index (χ0v) is 9.44. The normalized spacial score (nSPS) is 9.85. The monoisotopic (exact) mass is 242 g/mol. The average Bonchev–Trinajstić information content (AvgIpc) is 2.12. The number of methoxy groups -OCH3 is 1. The highest BCUT2D eigenvalue weighted by Gasteiger charge is 2.13. The first kappa shape index (κ1) is 10.3. The Bertz CT molecular complexity index is 345. The van der Waals surface area contributed by atoms with Crippen LogP contribution in [0.25, 0.3) is 0 Å². The molecule has 0 unspecified atom stereocenters. The van der Waals surface area contributed by atoms with Gasteiger partial charge in [-0.3, -0.25) is 0 Å². The number of esters is 1. The second-order valence-electron chi connectivity index (χ2n) is 2.86.